The van der Waals surface area contributed by atoms with E-state index >= 15 is 0 Å². The minimum absolute atomic E-state index is 0.0118. The molecule has 1 amide bonds. The van der Waals surface area contributed by atoms with Crippen LogP contribution >= 0.6 is 11.6 Å². The van der Waals surface area contributed by atoms with Gasteiger partial charge >= 0.3 is 0 Å². The van der Waals surface area contributed by atoms with Gasteiger partial charge in [-0.3, -0.25) is 14.9 Å². The number of rotatable bonds is 7. The second-order valence-electron chi connectivity index (χ2n) is 4.95. The molecule has 0 atom stereocenters. The average molecular weight is 350 g/mol. The number of nitrogens with zero attached hydrogens (tertiary/aromatic N) is 2. The molecule has 0 heterocycles. The fraction of sp³-hybridized carbons (Fsp3) is 0.188. The number of para-hydroxylation sites is 1. The van der Waals surface area contributed by atoms with Crippen LogP contribution in [0.15, 0.2) is 48.5 Å². The lowest BCUT2D eigenvalue weighted by molar-refractivity contribution is -0.384. The molecule has 0 bridgehead atoms. The third kappa shape index (κ3) is 4.68. The van der Waals surface area contributed by atoms with E-state index in [9.17, 15) is 14.9 Å². The Kier molecular flexibility index (Phi) is 6.11. The summed E-state index contributed by atoms with van der Waals surface area (Å²) in [7, 11) is 0. The molecule has 8 heteroatoms. The summed E-state index contributed by atoms with van der Waals surface area (Å²) in [5, 5.41) is 22.6. The maximum atomic E-state index is 12.2. The summed E-state index contributed by atoms with van der Waals surface area (Å²) < 4.78 is 0. The van der Waals surface area contributed by atoms with E-state index in [2.05, 4.69) is 5.32 Å². The summed E-state index contributed by atoms with van der Waals surface area (Å²) in [4.78, 5) is 24.1. The van der Waals surface area contributed by atoms with Crippen molar-refractivity contribution in [3.05, 3.63) is 63.7 Å². The van der Waals surface area contributed by atoms with Crippen molar-refractivity contribution in [1.29, 1.82) is 0 Å². The van der Waals surface area contributed by atoms with Crippen molar-refractivity contribution in [3.63, 3.8) is 0 Å². The number of hydrogen-bond acceptors (Lipinski definition) is 5. The van der Waals surface area contributed by atoms with Crippen molar-refractivity contribution >= 4 is 34.6 Å². The van der Waals surface area contributed by atoms with Gasteiger partial charge in [0.2, 0.25) is 5.91 Å². The van der Waals surface area contributed by atoms with Crippen LogP contribution in [-0.2, 0) is 4.79 Å². The van der Waals surface area contributed by atoms with Crippen LogP contribution in [0.25, 0.3) is 0 Å². The molecule has 2 aromatic carbocycles. The highest BCUT2D eigenvalue weighted by Gasteiger charge is 2.14. The van der Waals surface area contributed by atoms with E-state index in [0.29, 0.717) is 12.2 Å². The number of nitro groups is 1. The standard InChI is InChI=1S/C16H16ClN3O4/c17-14-10-13(20(23)24)6-7-15(14)18-16(22)11-19(8-9-21)12-4-2-1-3-5-12/h1-7,10,21H,8-9,11H2,(H,18,22). The fourth-order valence-corrected chi connectivity index (χ4v) is 2.36. The van der Waals surface area contributed by atoms with Crippen LogP contribution in [0, 0.1) is 10.1 Å². The van der Waals surface area contributed by atoms with Crippen LogP contribution < -0.4 is 10.2 Å². The average Bonchev–Trinajstić information content (AvgIpc) is 2.57. The van der Waals surface area contributed by atoms with Crippen LogP contribution in [0.5, 0.6) is 0 Å². The van der Waals surface area contributed by atoms with E-state index in [4.69, 9.17) is 16.7 Å². The predicted molar refractivity (Wildman–Crippen MR) is 92.5 cm³/mol. The van der Waals surface area contributed by atoms with E-state index in [1.807, 2.05) is 30.3 Å². The predicted octanol–water partition coefficient (Wildman–Crippen LogP) is 2.69. The highest BCUT2D eigenvalue weighted by molar-refractivity contribution is 6.34. The monoisotopic (exact) mass is 349 g/mol. The van der Waals surface area contributed by atoms with Gasteiger partial charge in [-0.2, -0.15) is 0 Å². The fourth-order valence-electron chi connectivity index (χ4n) is 2.14. The van der Waals surface area contributed by atoms with Gasteiger partial charge in [-0.25, -0.2) is 0 Å². The van der Waals surface area contributed by atoms with Crippen molar-refractivity contribution in [2.45, 2.75) is 0 Å². The molecule has 2 rings (SSSR count). The van der Waals surface area contributed by atoms with Crippen molar-refractivity contribution in [2.24, 2.45) is 0 Å². The summed E-state index contributed by atoms with van der Waals surface area (Å²) in [6.45, 7) is 0.212. The Morgan fingerprint density at radius 3 is 2.54 bits per heavy atom. The quantitative estimate of drug-likeness (QED) is 0.592. The molecule has 0 saturated heterocycles. The number of carbonyl (C=O) groups excluding carboxylic acids is 1. The Bertz CT molecular complexity index is 725. The van der Waals surface area contributed by atoms with Gasteiger partial charge in [0.25, 0.3) is 5.69 Å². The molecule has 0 aliphatic rings. The first-order valence-corrected chi connectivity index (χ1v) is 7.53. The highest BCUT2D eigenvalue weighted by Crippen LogP contribution is 2.26. The molecular weight excluding hydrogens is 334 g/mol. The summed E-state index contributed by atoms with van der Waals surface area (Å²) in [6.07, 6.45) is 0. The number of halogens is 1. The Hall–Kier alpha value is -2.64. The molecule has 0 unspecified atom stereocenters. The van der Waals surface area contributed by atoms with Gasteiger partial charge in [0.05, 0.1) is 28.8 Å². The Morgan fingerprint density at radius 2 is 1.96 bits per heavy atom. The number of nitrogens with one attached hydrogen (secondary N) is 1. The lowest BCUT2D eigenvalue weighted by Crippen LogP contribution is -2.35. The Balaban J connectivity index is 2.07. The molecule has 0 aromatic heterocycles. The normalized spacial score (nSPS) is 10.2. The molecule has 2 aromatic rings. The van der Waals surface area contributed by atoms with Crippen LogP contribution in [0.1, 0.15) is 0 Å². The number of anilines is 2. The van der Waals surface area contributed by atoms with Crippen LogP contribution in [-0.4, -0.2) is 35.6 Å². The molecule has 0 fully saturated rings. The lowest BCUT2D eigenvalue weighted by atomic mass is 10.2. The van der Waals surface area contributed by atoms with Gasteiger partial charge in [0.15, 0.2) is 0 Å². The van der Waals surface area contributed by atoms with E-state index in [1.165, 1.54) is 18.2 Å². The van der Waals surface area contributed by atoms with E-state index in [1.54, 1.807) is 4.90 Å². The van der Waals surface area contributed by atoms with Gasteiger partial charge in [-0.1, -0.05) is 29.8 Å². The van der Waals surface area contributed by atoms with Gasteiger partial charge in [-0.15, -0.1) is 0 Å². The molecule has 126 valence electrons. The molecule has 2 N–H and O–H groups in total. The Labute approximate surface area is 143 Å². The molecule has 0 spiro atoms. The van der Waals surface area contributed by atoms with Crippen molar-refractivity contribution in [2.75, 3.05) is 29.9 Å². The van der Waals surface area contributed by atoms with Crippen LogP contribution in [0.3, 0.4) is 0 Å². The zero-order valence-corrected chi connectivity index (χ0v) is 13.4. The molecular formula is C16H16ClN3O4. The molecule has 24 heavy (non-hydrogen) atoms. The van der Waals surface area contributed by atoms with Gasteiger partial charge in [-0.05, 0) is 18.2 Å². The Morgan fingerprint density at radius 1 is 1.25 bits per heavy atom. The summed E-state index contributed by atoms with van der Waals surface area (Å²) >= 11 is 5.96. The van der Waals surface area contributed by atoms with Crippen molar-refractivity contribution in [1.82, 2.24) is 0 Å². The number of non-ortho nitro benzene ring substituents is 1. The molecule has 0 saturated carbocycles. The summed E-state index contributed by atoms with van der Waals surface area (Å²) in [5.41, 5.74) is 0.949. The van der Waals surface area contributed by atoms with Crippen molar-refractivity contribution in [3.8, 4) is 0 Å². The topological polar surface area (TPSA) is 95.7 Å². The third-order valence-electron chi connectivity index (χ3n) is 3.26. The second kappa shape index (κ2) is 8.28. The van der Waals surface area contributed by atoms with Gasteiger partial charge in [0.1, 0.15) is 0 Å². The van der Waals surface area contributed by atoms with Crippen molar-refractivity contribution < 1.29 is 14.8 Å². The number of aliphatic hydroxyl groups is 1. The first kappa shape index (κ1) is 17.7. The molecule has 0 aliphatic carbocycles. The zero-order chi connectivity index (χ0) is 17.5. The van der Waals surface area contributed by atoms with Crippen LogP contribution in [0.4, 0.5) is 17.1 Å². The number of hydrogen-bond donors (Lipinski definition) is 2. The highest BCUT2D eigenvalue weighted by atomic mass is 35.5. The molecule has 7 nitrogen and oxygen atoms in total. The maximum Gasteiger partial charge on any atom is 0.271 e. The zero-order valence-electron chi connectivity index (χ0n) is 12.7. The van der Waals surface area contributed by atoms with Crippen LogP contribution in [0.2, 0.25) is 5.02 Å². The third-order valence-corrected chi connectivity index (χ3v) is 3.58. The number of amides is 1. The SMILES string of the molecule is O=C(CN(CCO)c1ccccc1)Nc1ccc([N+](=O)[O-])cc1Cl. The largest absolute Gasteiger partial charge is 0.395 e. The van der Waals surface area contributed by atoms with E-state index in [-0.39, 0.29) is 29.8 Å². The lowest BCUT2D eigenvalue weighted by Gasteiger charge is -2.23. The second-order valence-corrected chi connectivity index (χ2v) is 5.36. The first-order chi connectivity index (χ1) is 11.5. The van der Waals surface area contributed by atoms with Gasteiger partial charge in [0, 0.05) is 24.4 Å². The van der Waals surface area contributed by atoms with E-state index in [0.717, 1.165) is 5.69 Å². The summed E-state index contributed by atoms with van der Waals surface area (Å²) in [5.74, 6) is -0.344. The summed E-state index contributed by atoms with van der Waals surface area (Å²) in [6, 6.07) is 13.0. The first-order valence-electron chi connectivity index (χ1n) is 7.16. The molecule has 0 radical (unpaired) electrons. The number of benzene rings is 2. The maximum absolute atomic E-state index is 12.2. The van der Waals surface area contributed by atoms with E-state index < -0.39 is 4.92 Å². The minimum Gasteiger partial charge on any atom is -0.395 e. The molecule has 0 aliphatic heterocycles. The number of nitro benzene ring substituents is 1. The minimum atomic E-state index is -0.560. The van der Waals surface area contributed by atoms with Gasteiger partial charge < -0.3 is 15.3 Å². The number of aliphatic hydroxyl groups excluding tert-OH is 1. The smallest absolute Gasteiger partial charge is 0.271 e. The number of carbonyl (C=O) groups is 1.